The highest BCUT2D eigenvalue weighted by Gasteiger charge is 2.31. The van der Waals surface area contributed by atoms with Crippen molar-refractivity contribution in [2.45, 2.75) is 30.8 Å². The average molecular weight is 363 g/mol. The van der Waals surface area contributed by atoms with Gasteiger partial charge in [0.1, 0.15) is 13.7 Å². The highest BCUT2D eigenvalue weighted by molar-refractivity contribution is 9.10. The highest BCUT2D eigenvalue weighted by atomic mass is 79.9. The van der Waals surface area contributed by atoms with Gasteiger partial charge in [-0.3, -0.25) is 0 Å². The first-order chi connectivity index (χ1) is 9.62. The minimum atomic E-state index is -1.55. The van der Waals surface area contributed by atoms with Gasteiger partial charge in [0.25, 0.3) is 0 Å². The molecule has 0 aliphatic heterocycles. The number of halogens is 1. The van der Waals surface area contributed by atoms with E-state index in [1.165, 1.54) is 0 Å². The maximum absolute atomic E-state index is 10.7. The lowest BCUT2D eigenvalue weighted by molar-refractivity contribution is 0.127. The maximum atomic E-state index is 10.7. The fraction of sp³-hybridized carbons (Fsp3) is 0.294. The second-order valence-corrected chi connectivity index (χ2v) is 12.0. The van der Waals surface area contributed by atoms with Crippen molar-refractivity contribution < 1.29 is 10.2 Å². The molecule has 0 fully saturated rings. The molecule has 2 rings (SSSR count). The van der Waals surface area contributed by atoms with Gasteiger partial charge in [-0.05, 0) is 42.0 Å². The molecule has 2 N–H and O–H groups in total. The van der Waals surface area contributed by atoms with E-state index in [1.54, 1.807) is 24.3 Å². The van der Waals surface area contributed by atoms with E-state index in [2.05, 4.69) is 47.0 Å². The second-order valence-electron chi connectivity index (χ2n) is 6.32. The van der Waals surface area contributed by atoms with Crippen LogP contribution in [0, 0.1) is 11.5 Å². The first-order valence-corrected chi connectivity index (χ1v) is 11.1. The number of aliphatic hydroxyl groups is 2. The predicted molar refractivity (Wildman–Crippen MR) is 92.4 cm³/mol. The first kappa shape index (κ1) is 16.3. The molecule has 0 radical (unpaired) electrons. The van der Waals surface area contributed by atoms with Crippen LogP contribution in [0.25, 0.3) is 0 Å². The Balaban J connectivity index is 2.27. The van der Waals surface area contributed by atoms with E-state index in [-0.39, 0.29) is 0 Å². The Bertz CT molecular complexity index is 628. The van der Waals surface area contributed by atoms with Crippen LogP contribution < -0.4 is 0 Å². The molecule has 0 spiro atoms. The molecule has 2 nitrogen and oxygen atoms in total. The highest BCUT2D eigenvalue weighted by Crippen LogP contribution is 2.31. The van der Waals surface area contributed by atoms with Crippen molar-refractivity contribution in [3.8, 4) is 11.5 Å². The van der Waals surface area contributed by atoms with E-state index in [1.807, 2.05) is 24.3 Å². The molecule has 1 aliphatic rings. The van der Waals surface area contributed by atoms with E-state index in [0.29, 0.717) is 0 Å². The third kappa shape index (κ3) is 4.18. The summed E-state index contributed by atoms with van der Waals surface area (Å²) in [6, 6.07) is 7.44. The summed E-state index contributed by atoms with van der Waals surface area (Å²) < 4.78 is 0.955. The van der Waals surface area contributed by atoms with Crippen LogP contribution in [0.4, 0.5) is 0 Å². The Hall–Kier alpha value is -1.12. The zero-order valence-corrected chi connectivity index (χ0v) is 15.0. The van der Waals surface area contributed by atoms with E-state index in [0.717, 1.165) is 10.0 Å². The quantitative estimate of drug-likeness (QED) is 0.456. The molecular weight excluding hydrogens is 344 g/mol. The maximum Gasteiger partial charge on any atom is 0.162 e. The van der Waals surface area contributed by atoms with Gasteiger partial charge in [-0.15, -0.1) is 5.54 Å². The molecule has 1 aliphatic carbocycles. The Morgan fingerprint density at radius 3 is 1.95 bits per heavy atom. The van der Waals surface area contributed by atoms with Crippen molar-refractivity contribution in [3.05, 3.63) is 58.6 Å². The molecule has 0 heterocycles. The summed E-state index contributed by atoms with van der Waals surface area (Å²) in [7, 11) is -1.55. The van der Waals surface area contributed by atoms with Crippen LogP contribution in [0.5, 0.6) is 0 Å². The molecule has 0 unspecified atom stereocenters. The van der Waals surface area contributed by atoms with Crippen LogP contribution in [0.1, 0.15) is 5.56 Å². The normalized spacial score (nSPS) is 28.1. The fourth-order valence-electron chi connectivity index (χ4n) is 1.90. The third-order valence-electron chi connectivity index (χ3n) is 3.13. The molecule has 1 aromatic rings. The standard InChI is InChI=1S/C17H19BrO2Si/c1-21(2,3)13-12-16(19)8-10-17(20,11-9-16)14-4-6-15(18)7-5-14/h4-11,19-20H,1-3H3. The Kier molecular flexibility index (Phi) is 4.32. The topological polar surface area (TPSA) is 40.5 Å². The molecule has 0 atom stereocenters. The molecule has 0 amide bonds. The summed E-state index contributed by atoms with van der Waals surface area (Å²) in [4.78, 5) is 0. The molecule has 0 aromatic heterocycles. The molecule has 0 saturated carbocycles. The Morgan fingerprint density at radius 1 is 0.952 bits per heavy atom. The molecule has 110 valence electrons. The van der Waals surface area contributed by atoms with Crippen molar-refractivity contribution in [1.29, 1.82) is 0 Å². The van der Waals surface area contributed by atoms with Gasteiger partial charge in [0.15, 0.2) is 5.60 Å². The monoisotopic (exact) mass is 362 g/mol. The zero-order chi connectivity index (χ0) is 15.7. The minimum absolute atomic E-state index is 0.749. The lowest BCUT2D eigenvalue weighted by atomic mass is 9.85. The number of hydrogen-bond donors (Lipinski definition) is 2. The smallest absolute Gasteiger partial charge is 0.162 e. The van der Waals surface area contributed by atoms with Gasteiger partial charge in [-0.25, -0.2) is 0 Å². The van der Waals surface area contributed by atoms with Gasteiger partial charge in [-0.2, -0.15) is 0 Å². The van der Waals surface area contributed by atoms with Crippen LogP contribution in [0.3, 0.4) is 0 Å². The van der Waals surface area contributed by atoms with Gasteiger partial charge in [0.05, 0.1) is 0 Å². The van der Waals surface area contributed by atoms with E-state index >= 15 is 0 Å². The molecule has 0 saturated heterocycles. The van der Waals surface area contributed by atoms with E-state index in [4.69, 9.17) is 0 Å². The predicted octanol–water partition coefficient (Wildman–Crippen LogP) is 3.37. The number of rotatable bonds is 1. The average Bonchev–Trinajstić information content (AvgIpc) is 2.41. The van der Waals surface area contributed by atoms with Crippen molar-refractivity contribution in [2.75, 3.05) is 0 Å². The van der Waals surface area contributed by atoms with Gasteiger partial charge < -0.3 is 10.2 Å². The number of hydrogen-bond acceptors (Lipinski definition) is 2. The number of benzene rings is 1. The molecule has 4 heteroatoms. The van der Waals surface area contributed by atoms with Crippen LogP contribution in [0.2, 0.25) is 19.6 Å². The lowest BCUT2D eigenvalue weighted by Crippen LogP contribution is -2.31. The summed E-state index contributed by atoms with van der Waals surface area (Å²) in [5.41, 5.74) is 1.41. The third-order valence-corrected chi connectivity index (χ3v) is 4.53. The second kappa shape index (κ2) is 5.58. The van der Waals surface area contributed by atoms with Crippen molar-refractivity contribution >= 4 is 24.0 Å². The van der Waals surface area contributed by atoms with E-state index < -0.39 is 19.3 Å². The fourth-order valence-corrected chi connectivity index (χ4v) is 2.74. The summed E-state index contributed by atoms with van der Waals surface area (Å²) in [6.45, 7) is 6.37. The van der Waals surface area contributed by atoms with Gasteiger partial charge in [0.2, 0.25) is 0 Å². The van der Waals surface area contributed by atoms with Crippen LogP contribution >= 0.6 is 15.9 Å². The Labute approximate surface area is 135 Å². The molecular formula is C17H19BrO2Si. The minimum Gasteiger partial charge on any atom is -0.377 e. The first-order valence-electron chi connectivity index (χ1n) is 6.78. The summed E-state index contributed by atoms with van der Waals surface area (Å²) in [5.74, 6) is 2.91. The van der Waals surface area contributed by atoms with Gasteiger partial charge in [-0.1, -0.05) is 53.6 Å². The van der Waals surface area contributed by atoms with Gasteiger partial charge in [0, 0.05) is 4.47 Å². The van der Waals surface area contributed by atoms with Crippen LogP contribution in [0.15, 0.2) is 53.0 Å². The van der Waals surface area contributed by atoms with Crippen molar-refractivity contribution in [2.24, 2.45) is 0 Å². The van der Waals surface area contributed by atoms with E-state index in [9.17, 15) is 10.2 Å². The lowest BCUT2D eigenvalue weighted by Gasteiger charge is -2.28. The molecule has 1 aromatic carbocycles. The summed E-state index contributed by atoms with van der Waals surface area (Å²) in [6.07, 6.45) is 6.30. The van der Waals surface area contributed by atoms with Gasteiger partial charge >= 0.3 is 0 Å². The van der Waals surface area contributed by atoms with Crippen LogP contribution in [-0.4, -0.2) is 23.9 Å². The SMILES string of the molecule is C[Si](C)(C)C#CC1(O)C=CC(O)(c2ccc(Br)cc2)C=C1. The van der Waals surface area contributed by atoms with Crippen molar-refractivity contribution in [3.63, 3.8) is 0 Å². The zero-order valence-electron chi connectivity index (χ0n) is 12.4. The summed E-state index contributed by atoms with van der Waals surface area (Å²) in [5, 5.41) is 21.1. The Morgan fingerprint density at radius 2 is 1.48 bits per heavy atom. The van der Waals surface area contributed by atoms with Crippen LogP contribution in [-0.2, 0) is 5.60 Å². The van der Waals surface area contributed by atoms with Crippen molar-refractivity contribution in [1.82, 2.24) is 0 Å². The largest absolute Gasteiger partial charge is 0.377 e. The summed E-state index contributed by atoms with van der Waals surface area (Å²) >= 11 is 3.37. The molecule has 21 heavy (non-hydrogen) atoms. The molecule has 0 bridgehead atoms.